The number of amides is 3. The number of aromatic nitrogens is 1. The first-order chi connectivity index (χ1) is 14.3. The van der Waals surface area contributed by atoms with Crippen LogP contribution in [0.25, 0.3) is 5.69 Å². The molecule has 2 fully saturated rings. The summed E-state index contributed by atoms with van der Waals surface area (Å²) in [4.78, 5) is 55.4. The normalized spacial score (nSPS) is 19.2. The molecule has 30 heavy (non-hydrogen) atoms. The highest BCUT2D eigenvalue weighted by Crippen LogP contribution is 2.19. The van der Waals surface area contributed by atoms with Crippen molar-refractivity contribution in [1.82, 2.24) is 19.3 Å². The minimum atomic E-state index is -0.739. The van der Waals surface area contributed by atoms with E-state index in [1.54, 1.807) is 20.0 Å². The van der Waals surface area contributed by atoms with Crippen LogP contribution in [0.5, 0.6) is 0 Å². The van der Waals surface area contributed by atoms with Gasteiger partial charge in [0.15, 0.2) is 0 Å². The highest BCUT2D eigenvalue weighted by molar-refractivity contribution is 5.98. The second-order valence-corrected chi connectivity index (χ2v) is 7.57. The van der Waals surface area contributed by atoms with Crippen molar-refractivity contribution in [2.75, 3.05) is 33.2 Å². The predicted molar refractivity (Wildman–Crippen MR) is 106 cm³/mol. The number of rotatable bonds is 2. The maximum atomic E-state index is 13.2. The lowest BCUT2D eigenvalue weighted by molar-refractivity contribution is -0.157. The van der Waals surface area contributed by atoms with Crippen molar-refractivity contribution in [1.29, 1.82) is 0 Å². The molecule has 0 spiro atoms. The van der Waals surface area contributed by atoms with Crippen LogP contribution < -0.4 is 5.56 Å². The number of piperazine rings is 2. The van der Waals surface area contributed by atoms with Crippen LogP contribution in [-0.2, 0) is 9.59 Å². The third-order valence-corrected chi connectivity index (χ3v) is 5.64. The highest BCUT2D eigenvalue weighted by atomic mass is 19.1. The molecule has 0 radical (unpaired) electrons. The lowest BCUT2D eigenvalue weighted by Crippen LogP contribution is -2.66. The monoisotopic (exact) mass is 412 g/mol. The minimum absolute atomic E-state index is 0.00165. The molecule has 2 aromatic rings. The number of hydrogen-bond donors (Lipinski definition) is 0. The van der Waals surface area contributed by atoms with Crippen LogP contribution in [0.3, 0.4) is 0 Å². The SMILES string of the molecule is Cc1ccn(-c2ccc(F)cc2)c(=O)c1C(=O)N1CCN2C(=O)CN(C)C(=O)C2C1. The summed E-state index contributed by atoms with van der Waals surface area (Å²) >= 11 is 0. The molecule has 3 amide bonds. The average molecular weight is 412 g/mol. The molecule has 2 saturated heterocycles. The number of carbonyl (C=O) groups excluding carboxylic acids is 3. The zero-order valence-electron chi connectivity index (χ0n) is 16.7. The van der Waals surface area contributed by atoms with E-state index in [0.29, 0.717) is 11.3 Å². The van der Waals surface area contributed by atoms with Crippen LogP contribution in [0.2, 0.25) is 0 Å². The Labute approximate surface area is 172 Å². The van der Waals surface area contributed by atoms with Gasteiger partial charge >= 0.3 is 0 Å². The van der Waals surface area contributed by atoms with E-state index in [1.165, 1.54) is 49.7 Å². The van der Waals surface area contributed by atoms with Crippen LogP contribution in [0.15, 0.2) is 41.3 Å². The van der Waals surface area contributed by atoms with Crippen LogP contribution in [-0.4, -0.2) is 76.3 Å². The van der Waals surface area contributed by atoms with Gasteiger partial charge < -0.3 is 14.7 Å². The number of pyridine rings is 1. The van der Waals surface area contributed by atoms with Gasteiger partial charge in [0.1, 0.15) is 17.4 Å². The van der Waals surface area contributed by atoms with Gasteiger partial charge in [0.2, 0.25) is 11.8 Å². The van der Waals surface area contributed by atoms with E-state index in [-0.39, 0.29) is 43.6 Å². The molecule has 2 aliphatic heterocycles. The number of hydrogen-bond acceptors (Lipinski definition) is 4. The summed E-state index contributed by atoms with van der Waals surface area (Å²) in [6.45, 7) is 2.22. The molecule has 156 valence electrons. The van der Waals surface area contributed by atoms with E-state index in [1.807, 2.05) is 0 Å². The molecule has 4 rings (SSSR count). The number of carbonyl (C=O) groups is 3. The Morgan fingerprint density at radius 1 is 1.07 bits per heavy atom. The summed E-state index contributed by atoms with van der Waals surface area (Å²) in [6, 6.07) is 6.31. The zero-order chi connectivity index (χ0) is 21.6. The molecule has 0 bridgehead atoms. The van der Waals surface area contributed by atoms with Crippen LogP contribution in [0.1, 0.15) is 15.9 Å². The first-order valence-corrected chi connectivity index (χ1v) is 9.60. The van der Waals surface area contributed by atoms with Crippen molar-refractivity contribution in [3.05, 3.63) is 63.8 Å². The summed E-state index contributed by atoms with van der Waals surface area (Å²) in [5, 5.41) is 0. The van der Waals surface area contributed by atoms with Crippen molar-refractivity contribution < 1.29 is 18.8 Å². The van der Waals surface area contributed by atoms with E-state index in [9.17, 15) is 23.6 Å². The molecule has 2 aliphatic rings. The van der Waals surface area contributed by atoms with Gasteiger partial charge in [-0.1, -0.05) is 0 Å². The molecule has 9 heteroatoms. The largest absolute Gasteiger partial charge is 0.335 e. The van der Waals surface area contributed by atoms with E-state index < -0.39 is 23.3 Å². The van der Waals surface area contributed by atoms with Crippen molar-refractivity contribution in [3.8, 4) is 5.69 Å². The third kappa shape index (κ3) is 3.26. The van der Waals surface area contributed by atoms with Gasteiger partial charge in [0.25, 0.3) is 11.5 Å². The van der Waals surface area contributed by atoms with Gasteiger partial charge in [-0.25, -0.2) is 4.39 Å². The fourth-order valence-corrected chi connectivity index (χ4v) is 3.95. The molecular formula is C21H21FN4O4. The summed E-state index contributed by atoms with van der Waals surface area (Å²) in [6.07, 6.45) is 1.54. The number of aryl methyl sites for hydroxylation is 1. The molecule has 1 aromatic carbocycles. The van der Waals surface area contributed by atoms with E-state index in [0.717, 1.165) is 0 Å². The third-order valence-electron chi connectivity index (χ3n) is 5.64. The first-order valence-electron chi connectivity index (χ1n) is 9.60. The van der Waals surface area contributed by atoms with Gasteiger partial charge in [-0.3, -0.25) is 23.7 Å². The maximum Gasteiger partial charge on any atom is 0.268 e. The van der Waals surface area contributed by atoms with Crippen molar-refractivity contribution >= 4 is 17.7 Å². The summed E-state index contributed by atoms with van der Waals surface area (Å²) in [7, 11) is 1.56. The number of benzene rings is 1. The van der Waals surface area contributed by atoms with Gasteiger partial charge in [-0.05, 0) is 42.8 Å². The first kappa shape index (κ1) is 19.8. The lowest BCUT2D eigenvalue weighted by Gasteiger charge is -2.45. The molecule has 1 aromatic heterocycles. The predicted octanol–water partition coefficient (Wildman–Crippen LogP) is 0.410. The Bertz CT molecular complexity index is 1100. The number of likely N-dealkylation sites (N-methyl/N-ethyl adjacent to an activating group) is 1. The lowest BCUT2D eigenvalue weighted by atomic mass is 10.0. The second kappa shape index (κ2) is 7.40. The average Bonchev–Trinajstić information content (AvgIpc) is 2.72. The standard InChI is InChI=1S/C21H21FN4O4/c1-13-7-8-25(15-5-3-14(22)4-6-15)21(30)18(13)20(29)24-9-10-26-16(11-24)19(28)23(2)12-17(26)27/h3-8,16H,9-12H2,1-2H3. The molecule has 1 atom stereocenters. The molecule has 1 unspecified atom stereocenters. The smallest absolute Gasteiger partial charge is 0.268 e. The number of halogens is 1. The Kier molecular flexibility index (Phi) is 4.89. The summed E-state index contributed by atoms with van der Waals surface area (Å²) in [5.41, 5.74) is 0.430. The fourth-order valence-electron chi connectivity index (χ4n) is 3.95. The van der Waals surface area contributed by atoms with Crippen molar-refractivity contribution in [2.45, 2.75) is 13.0 Å². The van der Waals surface area contributed by atoms with Crippen molar-refractivity contribution in [2.24, 2.45) is 0 Å². The van der Waals surface area contributed by atoms with Gasteiger partial charge in [0.05, 0.1) is 13.1 Å². The molecule has 0 aliphatic carbocycles. The molecular weight excluding hydrogens is 391 g/mol. The summed E-state index contributed by atoms with van der Waals surface area (Å²) < 4.78 is 14.5. The Hall–Kier alpha value is -3.49. The quantitative estimate of drug-likeness (QED) is 0.716. The van der Waals surface area contributed by atoms with Gasteiger partial charge in [0, 0.05) is 32.0 Å². The zero-order valence-corrected chi connectivity index (χ0v) is 16.7. The minimum Gasteiger partial charge on any atom is -0.335 e. The molecule has 8 nitrogen and oxygen atoms in total. The highest BCUT2D eigenvalue weighted by Gasteiger charge is 2.42. The number of fused-ring (bicyclic) bond motifs is 1. The topological polar surface area (TPSA) is 82.9 Å². The van der Waals surface area contributed by atoms with Crippen molar-refractivity contribution in [3.63, 3.8) is 0 Å². The van der Waals surface area contributed by atoms with Crippen LogP contribution in [0, 0.1) is 12.7 Å². The Morgan fingerprint density at radius 3 is 2.47 bits per heavy atom. The number of nitrogens with zero attached hydrogens (tertiary/aromatic N) is 4. The van der Waals surface area contributed by atoms with E-state index in [4.69, 9.17) is 0 Å². The second-order valence-electron chi connectivity index (χ2n) is 7.57. The molecule has 3 heterocycles. The van der Waals surface area contributed by atoms with E-state index >= 15 is 0 Å². The molecule has 0 N–H and O–H groups in total. The van der Waals surface area contributed by atoms with E-state index in [2.05, 4.69) is 0 Å². The maximum absolute atomic E-state index is 13.2. The summed E-state index contributed by atoms with van der Waals surface area (Å²) in [5.74, 6) is -1.28. The van der Waals surface area contributed by atoms with Crippen LogP contribution in [0.4, 0.5) is 4.39 Å². The van der Waals surface area contributed by atoms with Gasteiger partial charge in [-0.15, -0.1) is 0 Å². The Morgan fingerprint density at radius 2 is 1.77 bits per heavy atom. The Balaban J connectivity index is 1.66. The molecule has 0 saturated carbocycles. The van der Waals surface area contributed by atoms with Gasteiger partial charge in [-0.2, -0.15) is 0 Å². The van der Waals surface area contributed by atoms with Crippen LogP contribution >= 0.6 is 0 Å². The fraction of sp³-hybridized carbons (Fsp3) is 0.333.